The molecule has 0 aromatic heterocycles. The molecule has 3 heteroatoms. The Morgan fingerprint density at radius 1 is 1.18 bits per heavy atom. The first kappa shape index (κ1) is 12.4. The largest absolute Gasteiger partial charge is 0.0928 e. The lowest BCUT2D eigenvalue weighted by atomic mass is 9.97. The summed E-state index contributed by atoms with van der Waals surface area (Å²) in [5.74, 6) is 1.46. The average molecular weight is 351 g/mol. The fourth-order valence-corrected chi connectivity index (χ4v) is 3.27. The van der Waals surface area contributed by atoms with Gasteiger partial charge in [0.25, 0.3) is 0 Å². The highest BCUT2D eigenvalue weighted by molar-refractivity contribution is 9.10. The maximum Gasteiger partial charge on any atom is 0.0205 e. The molecule has 0 spiro atoms. The van der Waals surface area contributed by atoms with Crippen molar-refractivity contribution in [1.29, 1.82) is 0 Å². The van der Waals surface area contributed by atoms with E-state index in [-0.39, 0.29) is 0 Å². The van der Waals surface area contributed by atoms with Gasteiger partial charge in [-0.1, -0.05) is 61.6 Å². The SMILES string of the molecule is CC(C)C(Br)C(CBr)CCBr. The van der Waals surface area contributed by atoms with Crippen molar-refractivity contribution < 1.29 is 0 Å². The first-order chi connectivity index (χ1) is 5.13. The van der Waals surface area contributed by atoms with E-state index in [9.17, 15) is 0 Å². The zero-order chi connectivity index (χ0) is 8.85. The van der Waals surface area contributed by atoms with Crippen LogP contribution in [0.4, 0.5) is 0 Å². The van der Waals surface area contributed by atoms with Crippen LogP contribution < -0.4 is 0 Å². The standard InChI is InChI=1S/C8H15Br3/c1-6(2)8(11)7(5-10)3-4-9/h6-8H,3-5H2,1-2H3. The molecule has 2 atom stereocenters. The number of rotatable bonds is 5. The second-order valence-corrected chi connectivity index (χ2v) is 5.58. The molecule has 0 N–H and O–H groups in total. The van der Waals surface area contributed by atoms with Gasteiger partial charge < -0.3 is 0 Å². The highest BCUT2D eigenvalue weighted by Crippen LogP contribution is 2.26. The van der Waals surface area contributed by atoms with Crippen LogP contribution in [-0.2, 0) is 0 Å². The van der Waals surface area contributed by atoms with Gasteiger partial charge in [0.2, 0.25) is 0 Å². The molecule has 0 aromatic carbocycles. The summed E-state index contributed by atoms with van der Waals surface area (Å²) in [7, 11) is 0. The van der Waals surface area contributed by atoms with Crippen molar-refractivity contribution in [2.24, 2.45) is 11.8 Å². The number of hydrogen-bond acceptors (Lipinski definition) is 0. The van der Waals surface area contributed by atoms with Gasteiger partial charge in [-0.15, -0.1) is 0 Å². The van der Waals surface area contributed by atoms with Crippen molar-refractivity contribution in [1.82, 2.24) is 0 Å². The summed E-state index contributed by atoms with van der Waals surface area (Å²) in [4.78, 5) is 0.638. The van der Waals surface area contributed by atoms with Crippen molar-refractivity contribution in [3.8, 4) is 0 Å². The van der Waals surface area contributed by atoms with Gasteiger partial charge in [-0.25, -0.2) is 0 Å². The molecule has 0 aliphatic heterocycles. The number of alkyl halides is 3. The Kier molecular flexibility index (Phi) is 7.81. The van der Waals surface area contributed by atoms with E-state index < -0.39 is 0 Å². The summed E-state index contributed by atoms with van der Waals surface area (Å²) < 4.78 is 0. The fourth-order valence-electron chi connectivity index (χ4n) is 1.01. The molecule has 0 nitrogen and oxygen atoms in total. The van der Waals surface area contributed by atoms with Crippen molar-refractivity contribution in [2.75, 3.05) is 10.7 Å². The lowest BCUT2D eigenvalue weighted by Gasteiger charge is -2.22. The Balaban J connectivity index is 3.81. The third-order valence-corrected chi connectivity index (χ3v) is 4.86. The molecule has 11 heavy (non-hydrogen) atoms. The van der Waals surface area contributed by atoms with Crippen molar-refractivity contribution in [3.63, 3.8) is 0 Å². The van der Waals surface area contributed by atoms with E-state index >= 15 is 0 Å². The smallest absolute Gasteiger partial charge is 0.0205 e. The molecule has 0 bridgehead atoms. The number of halogens is 3. The molecule has 0 rings (SSSR count). The third kappa shape index (κ3) is 4.89. The molecule has 2 unspecified atom stereocenters. The molecule has 0 heterocycles. The highest BCUT2D eigenvalue weighted by Gasteiger charge is 2.19. The normalized spacial score (nSPS) is 16.9. The van der Waals surface area contributed by atoms with E-state index in [1.165, 1.54) is 6.42 Å². The van der Waals surface area contributed by atoms with Crippen molar-refractivity contribution >= 4 is 47.8 Å². The van der Waals surface area contributed by atoms with Crippen molar-refractivity contribution in [2.45, 2.75) is 25.1 Å². The van der Waals surface area contributed by atoms with E-state index in [1.54, 1.807) is 0 Å². The van der Waals surface area contributed by atoms with Crippen LogP contribution in [0.25, 0.3) is 0 Å². The van der Waals surface area contributed by atoms with Gasteiger partial charge in [0.05, 0.1) is 0 Å². The molecule has 0 radical (unpaired) electrons. The Hall–Kier alpha value is 1.44. The van der Waals surface area contributed by atoms with E-state index in [2.05, 4.69) is 61.6 Å². The quantitative estimate of drug-likeness (QED) is 0.652. The fraction of sp³-hybridized carbons (Fsp3) is 1.00. The van der Waals surface area contributed by atoms with Gasteiger partial charge in [0, 0.05) is 15.5 Å². The average Bonchev–Trinajstić information content (AvgIpc) is 1.98. The first-order valence-electron chi connectivity index (χ1n) is 3.89. The second kappa shape index (κ2) is 6.90. The molecule has 68 valence electrons. The van der Waals surface area contributed by atoms with E-state index in [1.807, 2.05) is 0 Å². The van der Waals surface area contributed by atoms with Crippen LogP contribution in [0.5, 0.6) is 0 Å². The molecule has 0 fully saturated rings. The molecule has 0 saturated carbocycles. The molecule has 0 saturated heterocycles. The van der Waals surface area contributed by atoms with Gasteiger partial charge in [-0.2, -0.15) is 0 Å². The minimum absolute atomic E-state index is 0.638. The Bertz CT molecular complexity index is 93.3. The topological polar surface area (TPSA) is 0 Å². The van der Waals surface area contributed by atoms with Crippen LogP contribution in [0.2, 0.25) is 0 Å². The molecule has 0 aliphatic carbocycles. The van der Waals surface area contributed by atoms with Crippen LogP contribution in [0.1, 0.15) is 20.3 Å². The van der Waals surface area contributed by atoms with Gasteiger partial charge in [-0.3, -0.25) is 0 Å². The summed E-state index contributed by atoms with van der Waals surface area (Å²) in [5.41, 5.74) is 0. The zero-order valence-corrected chi connectivity index (χ0v) is 11.7. The third-order valence-electron chi connectivity index (χ3n) is 1.77. The highest BCUT2D eigenvalue weighted by atomic mass is 79.9. The maximum atomic E-state index is 3.72. The zero-order valence-electron chi connectivity index (χ0n) is 6.99. The van der Waals surface area contributed by atoms with Gasteiger partial charge >= 0.3 is 0 Å². The lowest BCUT2D eigenvalue weighted by molar-refractivity contribution is 0.464. The predicted molar refractivity (Wildman–Crippen MR) is 63.2 cm³/mol. The summed E-state index contributed by atoms with van der Waals surface area (Å²) >= 11 is 10.7. The summed E-state index contributed by atoms with van der Waals surface area (Å²) in [6.45, 7) is 4.51. The van der Waals surface area contributed by atoms with E-state index in [0.29, 0.717) is 4.83 Å². The summed E-state index contributed by atoms with van der Waals surface area (Å²) in [5, 5.41) is 2.19. The van der Waals surface area contributed by atoms with E-state index in [4.69, 9.17) is 0 Å². The summed E-state index contributed by atoms with van der Waals surface area (Å²) in [6.07, 6.45) is 1.24. The monoisotopic (exact) mass is 348 g/mol. The lowest BCUT2D eigenvalue weighted by Crippen LogP contribution is -2.21. The van der Waals surface area contributed by atoms with E-state index in [0.717, 1.165) is 22.5 Å². The van der Waals surface area contributed by atoms with Crippen LogP contribution in [-0.4, -0.2) is 15.5 Å². The van der Waals surface area contributed by atoms with Crippen molar-refractivity contribution in [3.05, 3.63) is 0 Å². The molecular weight excluding hydrogens is 336 g/mol. The van der Waals surface area contributed by atoms with Gasteiger partial charge in [0.1, 0.15) is 0 Å². The van der Waals surface area contributed by atoms with Gasteiger partial charge in [-0.05, 0) is 18.3 Å². The number of hydrogen-bond donors (Lipinski definition) is 0. The minimum atomic E-state index is 0.638. The second-order valence-electron chi connectivity index (χ2n) is 3.08. The van der Waals surface area contributed by atoms with Crippen LogP contribution in [0.3, 0.4) is 0 Å². The van der Waals surface area contributed by atoms with Gasteiger partial charge in [0.15, 0.2) is 0 Å². The predicted octanol–water partition coefficient (Wildman–Crippen LogP) is 4.20. The maximum absolute atomic E-state index is 3.72. The Morgan fingerprint density at radius 3 is 2.00 bits per heavy atom. The molecule has 0 aliphatic rings. The van der Waals surface area contributed by atoms with Crippen LogP contribution in [0, 0.1) is 11.8 Å². The molecule has 0 aromatic rings. The summed E-state index contributed by atoms with van der Waals surface area (Å²) in [6, 6.07) is 0. The first-order valence-corrected chi connectivity index (χ1v) is 7.05. The minimum Gasteiger partial charge on any atom is -0.0928 e. The Morgan fingerprint density at radius 2 is 1.73 bits per heavy atom. The Labute approximate surface area is 94.9 Å². The molecular formula is C8H15Br3. The van der Waals surface area contributed by atoms with Crippen LogP contribution >= 0.6 is 47.8 Å². The van der Waals surface area contributed by atoms with Crippen LogP contribution in [0.15, 0.2) is 0 Å². The molecule has 0 amide bonds.